The Labute approximate surface area is 144 Å². The average Bonchev–Trinajstić information content (AvgIpc) is 2.56. The zero-order valence-electron chi connectivity index (χ0n) is 14.5. The summed E-state index contributed by atoms with van der Waals surface area (Å²) in [6.45, 7) is 5.11. The van der Waals surface area contributed by atoms with E-state index in [4.69, 9.17) is 4.74 Å². The predicted molar refractivity (Wildman–Crippen MR) is 92.3 cm³/mol. The monoisotopic (exact) mass is 354 g/mol. The van der Waals surface area contributed by atoms with Crippen LogP contribution < -0.4 is 5.32 Å². The molecule has 0 unspecified atom stereocenters. The highest BCUT2D eigenvalue weighted by Gasteiger charge is 2.30. The molecule has 1 aliphatic rings. The molecular weight excluding hydrogens is 328 g/mol. The summed E-state index contributed by atoms with van der Waals surface area (Å²) >= 11 is 0. The highest BCUT2D eigenvalue weighted by molar-refractivity contribution is 7.89. The number of methoxy groups -OCH3 is 1. The molecule has 1 saturated heterocycles. The van der Waals surface area contributed by atoms with E-state index >= 15 is 0 Å². The molecule has 1 fully saturated rings. The highest BCUT2D eigenvalue weighted by Crippen LogP contribution is 2.22. The second-order valence-electron chi connectivity index (χ2n) is 6.23. The average molecular weight is 354 g/mol. The Kier molecular flexibility index (Phi) is 6.37. The predicted octanol–water partition coefficient (Wildman–Crippen LogP) is 1.61. The van der Waals surface area contributed by atoms with Gasteiger partial charge in [-0.15, -0.1) is 0 Å². The van der Waals surface area contributed by atoms with Crippen molar-refractivity contribution in [1.82, 2.24) is 9.62 Å². The van der Waals surface area contributed by atoms with Crippen LogP contribution in [-0.2, 0) is 19.6 Å². The van der Waals surface area contributed by atoms with Crippen molar-refractivity contribution in [2.45, 2.75) is 44.0 Å². The maximum atomic E-state index is 12.7. The van der Waals surface area contributed by atoms with Crippen LogP contribution in [0.3, 0.4) is 0 Å². The Morgan fingerprint density at radius 1 is 1.25 bits per heavy atom. The number of sulfonamides is 1. The Bertz CT molecular complexity index is 680. The summed E-state index contributed by atoms with van der Waals surface area (Å²) in [4.78, 5) is 12.1. The maximum absolute atomic E-state index is 12.7. The number of amides is 1. The molecule has 1 aromatic carbocycles. The Morgan fingerprint density at radius 3 is 2.50 bits per heavy atom. The largest absolute Gasteiger partial charge is 0.384 e. The van der Waals surface area contributed by atoms with Gasteiger partial charge in [-0.05, 0) is 49.9 Å². The first kappa shape index (κ1) is 18.9. The van der Waals surface area contributed by atoms with Crippen molar-refractivity contribution < 1.29 is 17.9 Å². The number of ether oxygens (including phenoxy) is 1. The van der Waals surface area contributed by atoms with Gasteiger partial charge < -0.3 is 10.1 Å². The van der Waals surface area contributed by atoms with Gasteiger partial charge in [0.2, 0.25) is 15.9 Å². The van der Waals surface area contributed by atoms with E-state index in [9.17, 15) is 13.2 Å². The van der Waals surface area contributed by atoms with E-state index in [0.29, 0.717) is 43.9 Å². The van der Waals surface area contributed by atoms with E-state index in [1.807, 2.05) is 19.9 Å². The smallest absolute Gasteiger partial charge is 0.243 e. The van der Waals surface area contributed by atoms with Gasteiger partial charge in [-0.2, -0.15) is 4.31 Å². The van der Waals surface area contributed by atoms with E-state index in [1.54, 1.807) is 19.2 Å². The van der Waals surface area contributed by atoms with Crippen molar-refractivity contribution in [3.63, 3.8) is 0 Å². The van der Waals surface area contributed by atoms with Gasteiger partial charge >= 0.3 is 0 Å². The summed E-state index contributed by atoms with van der Waals surface area (Å²) in [6.07, 6.45) is 1.59. The van der Waals surface area contributed by atoms with Gasteiger partial charge in [0.1, 0.15) is 0 Å². The number of hydrogen-bond acceptors (Lipinski definition) is 4. The van der Waals surface area contributed by atoms with Gasteiger partial charge in [0.15, 0.2) is 0 Å². The molecule has 6 nitrogen and oxygen atoms in total. The van der Waals surface area contributed by atoms with Gasteiger partial charge in [-0.3, -0.25) is 4.79 Å². The minimum absolute atomic E-state index is 0.0283. The van der Waals surface area contributed by atoms with E-state index in [-0.39, 0.29) is 11.9 Å². The quantitative estimate of drug-likeness (QED) is 0.842. The van der Waals surface area contributed by atoms with Crippen molar-refractivity contribution in [2.24, 2.45) is 0 Å². The second kappa shape index (κ2) is 8.09. The van der Waals surface area contributed by atoms with Crippen molar-refractivity contribution in [3.05, 3.63) is 29.3 Å². The fourth-order valence-corrected chi connectivity index (χ4v) is 4.31. The van der Waals surface area contributed by atoms with Crippen molar-refractivity contribution in [1.29, 1.82) is 0 Å². The van der Waals surface area contributed by atoms with Crippen molar-refractivity contribution in [3.8, 4) is 0 Å². The fraction of sp³-hybridized carbons (Fsp3) is 0.588. The van der Waals surface area contributed by atoms with E-state index in [2.05, 4.69) is 5.32 Å². The number of aryl methyl sites for hydroxylation is 2. The lowest BCUT2D eigenvalue weighted by atomic mass is 10.1. The number of carbonyl (C=O) groups is 1. The first-order valence-corrected chi connectivity index (χ1v) is 9.64. The summed E-state index contributed by atoms with van der Waals surface area (Å²) < 4.78 is 31.9. The molecule has 0 saturated carbocycles. The molecule has 0 atom stereocenters. The molecular formula is C17H26N2O4S. The van der Waals surface area contributed by atoms with Crippen LogP contribution in [0.25, 0.3) is 0 Å². The van der Waals surface area contributed by atoms with Gasteiger partial charge in [0.05, 0.1) is 11.5 Å². The molecule has 0 spiro atoms. The number of piperidine rings is 1. The lowest BCUT2D eigenvalue weighted by Gasteiger charge is -2.31. The minimum atomic E-state index is -3.47. The SMILES string of the molecule is COCCC(=O)NC1CCN(S(=O)(=O)c2ccc(C)c(C)c2)CC1. The van der Waals surface area contributed by atoms with Crippen LogP contribution in [0.15, 0.2) is 23.1 Å². The number of nitrogens with zero attached hydrogens (tertiary/aromatic N) is 1. The zero-order valence-corrected chi connectivity index (χ0v) is 15.4. The number of nitrogens with one attached hydrogen (secondary N) is 1. The number of carbonyl (C=O) groups excluding carboxylic acids is 1. The molecule has 134 valence electrons. The molecule has 0 radical (unpaired) electrons. The first-order chi connectivity index (χ1) is 11.3. The molecule has 0 aromatic heterocycles. The second-order valence-corrected chi connectivity index (χ2v) is 8.17. The molecule has 2 rings (SSSR count). The van der Waals surface area contributed by atoms with Crippen molar-refractivity contribution in [2.75, 3.05) is 26.8 Å². The summed E-state index contributed by atoms with van der Waals surface area (Å²) in [5.74, 6) is -0.0488. The topological polar surface area (TPSA) is 75.7 Å². The summed E-state index contributed by atoms with van der Waals surface area (Å²) in [6, 6.07) is 5.26. The molecule has 1 N–H and O–H groups in total. The normalized spacial score (nSPS) is 17.0. The highest BCUT2D eigenvalue weighted by atomic mass is 32.2. The van der Waals surface area contributed by atoms with Crippen LogP contribution in [0.1, 0.15) is 30.4 Å². The van der Waals surface area contributed by atoms with Gasteiger partial charge in [0.25, 0.3) is 0 Å². The van der Waals surface area contributed by atoms with Crippen LogP contribution in [0.4, 0.5) is 0 Å². The van der Waals surface area contributed by atoms with E-state index < -0.39 is 10.0 Å². The van der Waals surface area contributed by atoms with Crippen LogP contribution in [0.2, 0.25) is 0 Å². The van der Waals surface area contributed by atoms with Crippen LogP contribution in [0, 0.1) is 13.8 Å². The lowest BCUT2D eigenvalue weighted by molar-refractivity contribution is -0.122. The van der Waals surface area contributed by atoms with Gasteiger partial charge in [-0.25, -0.2) is 8.42 Å². The first-order valence-electron chi connectivity index (χ1n) is 8.20. The Hall–Kier alpha value is -1.44. The van der Waals surface area contributed by atoms with Crippen LogP contribution >= 0.6 is 0 Å². The summed E-state index contributed by atoms with van der Waals surface area (Å²) in [7, 11) is -1.91. The summed E-state index contributed by atoms with van der Waals surface area (Å²) in [5.41, 5.74) is 2.04. The van der Waals surface area contributed by atoms with Gasteiger partial charge in [0, 0.05) is 32.7 Å². The number of benzene rings is 1. The molecule has 0 aliphatic carbocycles. The Balaban J connectivity index is 1.95. The van der Waals surface area contributed by atoms with E-state index in [0.717, 1.165) is 11.1 Å². The van der Waals surface area contributed by atoms with Crippen LogP contribution in [0.5, 0.6) is 0 Å². The standard InChI is InChI=1S/C17H26N2O4S/c1-13-4-5-16(12-14(13)2)24(21,22)19-9-6-15(7-10-19)18-17(20)8-11-23-3/h4-5,12,15H,6-11H2,1-3H3,(H,18,20). The molecule has 0 bridgehead atoms. The molecule has 7 heteroatoms. The fourth-order valence-electron chi connectivity index (χ4n) is 2.76. The van der Waals surface area contributed by atoms with Crippen molar-refractivity contribution >= 4 is 15.9 Å². The number of hydrogen-bond donors (Lipinski definition) is 1. The molecule has 1 aliphatic heterocycles. The third-order valence-corrected chi connectivity index (χ3v) is 6.36. The maximum Gasteiger partial charge on any atom is 0.243 e. The molecule has 1 aromatic rings. The third-order valence-electron chi connectivity index (χ3n) is 4.47. The zero-order chi connectivity index (χ0) is 17.7. The third kappa shape index (κ3) is 4.55. The molecule has 1 heterocycles. The van der Waals surface area contributed by atoms with Crippen LogP contribution in [-0.4, -0.2) is 51.5 Å². The lowest BCUT2D eigenvalue weighted by Crippen LogP contribution is -2.46. The van der Waals surface area contributed by atoms with E-state index in [1.165, 1.54) is 4.31 Å². The van der Waals surface area contributed by atoms with Gasteiger partial charge in [-0.1, -0.05) is 6.07 Å². The minimum Gasteiger partial charge on any atom is -0.384 e. The Morgan fingerprint density at radius 2 is 1.92 bits per heavy atom. The number of rotatable bonds is 6. The molecule has 24 heavy (non-hydrogen) atoms. The molecule has 1 amide bonds. The summed E-state index contributed by atoms with van der Waals surface area (Å²) in [5, 5.41) is 2.94.